The highest BCUT2D eigenvalue weighted by Gasteiger charge is 2.21. The van der Waals surface area contributed by atoms with Gasteiger partial charge in [-0.25, -0.2) is 9.78 Å². The van der Waals surface area contributed by atoms with E-state index in [2.05, 4.69) is 4.98 Å². The maximum absolute atomic E-state index is 11.1. The number of carbonyl (C=O) groups is 1. The number of hydrogen-bond donors (Lipinski definition) is 1. The van der Waals surface area contributed by atoms with Crippen LogP contribution in [-0.4, -0.2) is 34.1 Å². The zero-order chi connectivity index (χ0) is 14.9. The van der Waals surface area contributed by atoms with Gasteiger partial charge in [0.15, 0.2) is 0 Å². The number of pyridine rings is 1. The number of carboxylic acids is 1. The zero-order valence-corrected chi connectivity index (χ0v) is 11.0. The van der Waals surface area contributed by atoms with Gasteiger partial charge in [-0.2, -0.15) is 0 Å². The molecule has 0 saturated heterocycles. The Morgan fingerprint density at radius 1 is 1.45 bits per heavy atom. The van der Waals surface area contributed by atoms with Gasteiger partial charge in [0, 0.05) is 30.4 Å². The van der Waals surface area contributed by atoms with Crippen LogP contribution >= 0.6 is 0 Å². The van der Waals surface area contributed by atoms with Crippen molar-refractivity contribution in [2.75, 3.05) is 11.9 Å². The Hall–Kier alpha value is -2.70. The van der Waals surface area contributed by atoms with Crippen molar-refractivity contribution in [1.29, 1.82) is 0 Å². The van der Waals surface area contributed by atoms with Crippen molar-refractivity contribution in [3.05, 3.63) is 40.6 Å². The number of benzene rings is 1. The van der Waals surface area contributed by atoms with E-state index in [0.29, 0.717) is 11.1 Å². The van der Waals surface area contributed by atoms with Gasteiger partial charge in [0.1, 0.15) is 11.6 Å². The van der Waals surface area contributed by atoms with Crippen LogP contribution in [-0.2, 0) is 4.79 Å². The third-order valence-corrected chi connectivity index (χ3v) is 3.24. The van der Waals surface area contributed by atoms with E-state index < -0.39 is 16.9 Å². The summed E-state index contributed by atoms with van der Waals surface area (Å²) in [7, 11) is 1.63. The van der Waals surface area contributed by atoms with E-state index in [4.69, 9.17) is 5.11 Å². The van der Waals surface area contributed by atoms with Gasteiger partial charge < -0.3 is 10.0 Å². The maximum atomic E-state index is 11.1. The molecule has 1 aromatic heterocycles. The zero-order valence-electron chi connectivity index (χ0n) is 11.0. The third kappa shape index (κ3) is 2.25. The van der Waals surface area contributed by atoms with Crippen LogP contribution < -0.4 is 4.90 Å². The fourth-order valence-electron chi connectivity index (χ4n) is 1.98. The van der Waals surface area contributed by atoms with Gasteiger partial charge in [-0.1, -0.05) is 12.1 Å². The van der Waals surface area contributed by atoms with Crippen LogP contribution in [0.25, 0.3) is 10.9 Å². The number of anilines is 1. The number of aliphatic carboxylic acids is 1. The number of fused-ring (bicyclic) bond motifs is 1. The smallest absolute Gasteiger partial charge is 0.326 e. The standard InChI is InChI=1S/C13H13N3O4/c1-8(13(17)18)15(2)10-6-7-14-12-9(10)4-3-5-11(12)16(19)20/h3-8H,1-2H3,(H,17,18). The van der Waals surface area contributed by atoms with Crippen molar-refractivity contribution in [3.8, 4) is 0 Å². The molecule has 0 aliphatic carbocycles. The van der Waals surface area contributed by atoms with Crippen molar-refractivity contribution in [1.82, 2.24) is 4.98 Å². The molecule has 7 heteroatoms. The number of para-hydroxylation sites is 1. The Kier molecular flexibility index (Phi) is 3.51. The highest BCUT2D eigenvalue weighted by atomic mass is 16.6. The van der Waals surface area contributed by atoms with Crippen molar-refractivity contribution in [2.24, 2.45) is 0 Å². The molecule has 0 saturated carbocycles. The molecule has 20 heavy (non-hydrogen) atoms. The summed E-state index contributed by atoms with van der Waals surface area (Å²) in [5.74, 6) is -0.970. The van der Waals surface area contributed by atoms with Crippen LogP contribution in [0.4, 0.5) is 11.4 Å². The number of hydrogen-bond acceptors (Lipinski definition) is 5. The third-order valence-electron chi connectivity index (χ3n) is 3.24. The molecule has 7 nitrogen and oxygen atoms in total. The monoisotopic (exact) mass is 275 g/mol. The molecule has 1 aromatic carbocycles. The van der Waals surface area contributed by atoms with Crippen molar-refractivity contribution >= 4 is 28.2 Å². The van der Waals surface area contributed by atoms with E-state index in [-0.39, 0.29) is 11.2 Å². The minimum atomic E-state index is -0.970. The first-order valence-electron chi connectivity index (χ1n) is 5.91. The quantitative estimate of drug-likeness (QED) is 0.677. The Balaban J connectivity index is 2.64. The highest BCUT2D eigenvalue weighted by molar-refractivity contribution is 5.97. The summed E-state index contributed by atoms with van der Waals surface area (Å²) in [6, 6.07) is 5.52. The van der Waals surface area contributed by atoms with E-state index in [1.807, 2.05) is 0 Å². The van der Waals surface area contributed by atoms with Crippen LogP contribution in [0.2, 0.25) is 0 Å². The molecule has 0 fully saturated rings. The summed E-state index contributed by atoms with van der Waals surface area (Å²) < 4.78 is 0. The second kappa shape index (κ2) is 5.12. The Morgan fingerprint density at radius 3 is 2.75 bits per heavy atom. The lowest BCUT2D eigenvalue weighted by Gasteiger charge is -2.24. The SMILES string of the molecule is CC(C(=O)O)N(C)c1ccnc2c([N+](=O)[O-])cccc12. The number of likely N-dealkylation sites (N-methyl/N-ethyl adjacent to an activating group) is 1. The number of nitro benzene ring substituents is 1. The molecule has 2 aromatic rings. The number of rotatable bonds is 4. The average Bonchev–Trinajstić information content (AvgIpc) is 2.44. The predicted molar refractivity (Wildman–Crippen MR) is 73.9 cm³/mol. The van der Waals surface area contributed by atoms with Gasteiger partial charge in [-0.05, 0) is 13.0 Å². The topological polar surface area (TPSA) is 96.6 Å². The molecule has 0 amide bonds. The van der Waals surface area contributed by atoms with Gasteiger partial charge in [-0.3, -0.25) is 10.1 Å². The number of nitro groups is 1. The Bertz CT molecular complexity index is 686. The summed E-state index contributed by atoms with van der Waals surface area (Å²) in [4.78, 5) is 27.1. The fourth-order valence-corrected chi connectivity index (χ4v) is 1.98. The molecule has 104 valence electrons. The van der Waals surface area contributed by atoms with Gasteiger partial charge in [-0.15, -0.1) is 0 Å². The van der Waals surface area contributed by atoms with Crippen molar-refractivity contribution in [3.63, 3.8) is 0 Å². The predicted octanol–water partition coefficient (Wildman–Crippen LogP) is 2.05. The molecule has 1 heterocycles. The first-order chi connectivity index (χ1) is 9.43. The molecular weight excluding hydrogens is 262 g/mol. The Morgan fingerprint density at radius 2 is 2.15 bits per heavy atom. The molecule has 0 aliphatic rings. The normalized spacial score (nSPS) is 12.1. The van der Waals surface area contributed by atoms with Gasteiger partial charge in [0.25, 0.3) is 5.69 Å². The summed E-state index contributed by atoms with van der Waals surface area (Å²) in [5.41, 5.74) is 0.744. The highest BCUT2D eigenvalue weighted by Crippen LogP contribution is 2.31. The number of carboxylic acid groups (broad SMARTS) is 1. The van der Waals surface area contributed by atoms with Crippen LogP contribution in [0, 0.1) is 10.1 Å². The minimum Gasteiger partial charge on any atom is -0.480 e. The fraction of sp³-hybridized carbons (Fsp3) is 0.231. The lowest BCUT2D eigenvalue weighted by atomic mass is 10.1. The lowest BCUT2D eigenvalue weighted by Crippen LogP contribution is -2.35. The molecule has 0 spiro atoms. The van der Waals surface area contributed by atoms with Gasteiger partial charge >= 0.3 is 5.97 Å². The molecule has 1 N–H and O–H groups in total. The summed E-state index contributed by atoms with van der Waals surface area (Å²) in [6.07, 6.45) is 1.44. The molecule has 0 bridgehead atoms. The van der Waals surface area contributed by atoms with Gasteiger partial charge in [0.05, 0.1) is 4.92 Å². The Labute approximate surface area is 114 Å². The first kappa shape index (κ1) is 13.7. The van der Waals surface area contributed by atoms with Crippen LogP contribution in [0.5, 0.6) is 0 Å². The molecule has 1 atom stereocenters. The minimum absolute atomic E-state index is 0.0965. The van der Waals surface area contributed by atoms with E-state index >= 15 is 0 Å². The van der Waals surface area contributed by atoms with Crippen molar-refractivity contribution in [2.45, 2.75) is 13.0 Å². The van der Waals surface area contributed by atoms with Crippen molar-refractivity contribution < 1.29 is 14.8 Å². The second-order valence-electron chi connectivity index (χ2n) is 4.39. The molecule has 0 radical (unpaired) electrons. The van der Waals surface area contributed by atoms with Gasteiger partial charge in [0.2, 0.25) is 0 Å². The van der Waals surface area contributed by atoms with E-state index in [1.165, 1.54) is 12.3 Å². The molecule has 0 aliphatic heterocycles. The molecular formula is C13H13N3O4. The molecule has 2 rings (SSSR count). The summed E-state index contributed by atoms with van der Waals surface area (Å²) in [6.45, 7) is 1.55. The average molecular weight is 275 g/mol. The first-order valence-corrected chi connectivity index (χ1v) is 5.91. The summed E-state index contributed by atoms with van der Waals surface area (Å²) >= 11 is 0. The number of aromatic nitrogens is 1. The second-order valence-corrected chi connectivity index (χ2v) is 4.39. The maximum Gasteiger partial charge on any atom is 0.326 e. The van der Waals surface area contributed by atoms with E-state index in [0.717, 1.165) is 0 Å². The number of nitrogens with zero attached hydrogens (tertiary/aromatic N) is 3. The van der Waals surface area contributed by atoms with E-state index in [1.54, 1.807) is 37.1 Å². The van der Waals surface area contributed by atoms with Crippen LogP contribution in [0.1, 0.15) is 6.92 Å². The van der Waals surface area contributed by atoms with E-state index in [9.17, 15) is 14.9 Å². The summed E-state index contributed by atoms with van der Waals surface area (Å²) in [5, 5.41) is 20.6. The number of non-ortho nitro benzene ring substituents is 1. The largest absolute Gasteiger partial charge is 0.480 e. The molecule has 1 unspecified atom stereocenters. The van der Waals surface area contributed by atoms with Crippen LogP contribution in [0.3, 0.4) is 0 Å². The van der Waals surface area contributed by atoms with Crippen LogP contribution in [0.15, 0.2) is 30.5 Å². The lowest BCUT2D eigenvalue weighted by molar-refractivity contribution is -0.383.